The predicted octanol–water partition coefficient (Wildman–Crippen LogP) is 11.6. The lowest BCUT2D eigenvalue weighted by atomic mass is 9.93. The molecule has 0 radical (unpaired) electrons. The number of aromatic nitrogens is 3. The number of para-hydroxylation sites is 1. The van der Waals surface area contributed by atoms with Crippen LogP contribution in [0.5, 0.6) is 0 Å². The van der Waals surface area contributed by atoms with Crippen LogP contribution >= 0.6 is 0 Å². The van der Waals surface area contributed by atoms with Gasteiger partial charge in [0.05, 0.1) is 33.5 Å². The van der Waals surface area contributed by atoms with Crippen LogP contribution in [-0.4, -0.2) is 19.4 Å². The average Bonchev–Trinajstić information content (AvgIpc) is 3.67. The van der Waals surface area contributed by atoms with Gasteiger partial charge in [0.15, 0.2) is 0 Å². The molecule has 8 aromatic rings. The quantitative estimate of drug-likeness (QED) is 0.170. The largest absolute Gasteiger partial charge is 0.335 e. The first-order chi connectivity index (χ1) is 27.7. The van der Waals surface area contributed by atoms with E-state index in [1.54, 1.807) is 0 Å². The van der Waals surface area contributed by atoms with E-state index < -0.39 is 0 Å². The van der Waals surface area contributed by atoms with Crippen molar-refractivity contribution < 1.29 is 0 Å². The Morgan fingerprint density at radius 2 is 1.52 bits per heavy atom. The summed E-state index contributed by atoms with van der Waals surface area (Å²) in [6.45, 7) is 0.748. The zero-order valence-corrected chi connectivity index (χ0v) is 30.4. The van der Waals surface area contributed by atoms with E-state index in [2.05, 4.69) is 167 Å². The van der Waals surface area contributed by atoms with Crippen molar-refractivity contribution in [2.75, 3.05) is 0 Å². The molecule has 0 fully saturated rings. The molecule has 0 N–H and O–H groups in total. The molecule has 1 aliphatic carbocycles. The fourth-order valence-electron chi connectivity index (χ4n) is 8.55. The summed E-state index contributed by atoms with van der Waals surface area (Å²) in [5.74, 6) is 10.3. The van der Waals surface area contributed by atoms with E-state index in [4.69, 9.17) is 16.4 Å². The van der Waals surface area contributed by atoms with Gasteiger partial charge >= 0.3 is 0 Å². The molecule has 4 heteroatoms. The minimum absolute atomic E-state index is 0.638. The maximum Gasteiger partial charge on any atom is 0.235 e. The molecule has 0 saturated heterocycles. The van der Waals surface area contributed by atoms with Gasteiger partial charge in [-0.3, -0.25) is 4.57 Å². The molecule has 0 bridgehead atoms. The summed E-state index contributed by atoms with van der Waals surface area (Å²) in [5.41, 5.74) is 13.4. The van der Waals surface area contributed by atoms with Gasteiger partial charge in [0.25, 0.3) is 0 Å². The van der Waals surface area contributed by atoms with Gasteiger partial charge in [-0.2, -0.15) is 0 Å². The Labute approximate surface area is 324 Å². The van der Waals surface area contributed by atoms with Crippen molar-refractivity contribution in [3.05, 3.63) is 197 Å². The molecule has 0 amide bonds. The summed E-state index contributed by atoms with van der Waals surface area (Å²) < 4.78 is 2.23. The highest BCUT2D eigenvalue weighted by atomic mass is 15.2. The van der Waals surface area contributed by atoms with Crippen molar-refractivity contribution in [2.24, 2.45) is 0 Å². The fraction of sp³-hybridized carbons (Fsp3) is 0.0385. The van der Waals surface area contributed by atoms with E-state index in [1.165, 1.54) is 27.3 Å². The van der Waals surface area contributed by atoms with Crippen LogP contribution in [0.15, 0.2) is 181 Å². The van der Waals surface area contributed by atoms with Crippen LogP contribution in [0.3, 0.4) is 0 Å². The Morgan fingerprint density at radius 1 is 0.714 bits per heavy atom. The van der Waals surface area contributed by atoms with E-state index in [0.717, 1.165) is 78.8 Å². The Kier molecular flexibility index (Phi) is 7.24. The Morgan fingerprint density at radius 3 is 2.43 bits per heavy atom. The Bertz CT molecular complexity index is 3260. The van der Waals surface area contributed by atoms with Crippen LogP contribution in [0.25, 0.3) is 72.0 Å². The van der Waals surface area contributed by atoms with Crippen LogP contribution in [0, 0.1) is 24.2 Å². The zero-order chi connectivity index (χ0) is 37.2. The number of benzene rings is 6. The lowest BCUT2D eigenvalue weighted by Crippen LogP contribution is -2.19. The number of fused-ring (bicyclic) bond motifs is 9. The fourth-order valence-corrected chi connectivity index (χ4v) is 8.55. The molecule has 260 valence electrons. The molecule has 6 aromatic carbocycles. The van der Waals surface area contributed by atoms with Crippen molar-refractivity contribution >= 4 is 54.8 Å². The van der Waals surface area contributed by atoms with Crippen LogP contribution < -0.4 is 0 Å². The molecular formula is C52H32N4. The van der Waals surface area contributed by atoms with Crippen LogP contribution in [0.4, 0.5) is 0 Å². The summed E-state index contributed by atoms with van der Waals surface area (Å²) in [7, 11) is 0. The number of nitrogens with zero attached hydrogens (tertiary/aromatic N) is 4. The van der Waals surface area contributed by atoms with Crippen LogP contribution in [-0.2, 0) is 6.54 Å². The third-order valence-corrected chi connectivity index (χ3v) is 11.1. The van der Waals surface area contributed by atoms with Gasteiger partial charge in [-0.05, 0) is 70.0 Å². The lowest BCUT2D eigenvalue weighted by Gasteiger charge is -2.28. The van der Waals surface area contributed by atoms with E-state index in [0.29, 0.717) is 12.4 Å². The molecule has 2 aromatic heterocycles. The van der Waals surface area contributed by atoms with Crippen LogP contribution in [0.1, 0.15) is 23.1 Å². The molecule has 0 atom stereocenters. The van der Waals surface area contributed by atoms with Gasteiger partial charge in [0.1, 0.15) is 0 Å². The maximum atomic E-state index is 6.36. The highest BCUT2D eigenvalue weighted by Gasteiger charge is 2.31. The van der Waals surface area contributed by atoms with Crippen molar-refractivity contribution in [1.82, 2.24) is 19.4 Å². The first-order valence-corrected chi connectivity index (χ1v) is 18.9. The summed E-state index contributed by atoms with van der Waals surface area (Å²) in [4.78, 5) is 12.9. The second kappa shape index (κ2) is 12.7. The monoisotopic (exact) mass is 712 g/mol. The maximum absolute atomic E-state index is 6.36. The van der Waals surface area contributed by atoms with E-state index in [9.17, 15) is 0 Å². The molecule has 0 saturated carbocycles. The predicted molar refractivity (Wildman–Crippen MR) is 230 cm³/mol. The van der Waals surface area contributed by atoms with Gasteiger partial charge in [-0.25, -0.2) is 9.97 Å². The third kappa shape index (κ3) is 4.98. The average molecular weight is 713 g/mol. The third-order valence-electron chi connectivity index (χ3n) is 11.1. The van der Waals surface area contributed by atoms with E-state index in [1.807, 2.05) is 24.3 Å². The molecular weight excluding hydrogens is 681 g/mol. The van der Waals surface area contributed by atoms with Crippen molar-refractivity contribution in [3.63, 3.8) is 0 Å². The van der Waals surface area contributed by atoms with Gasteiger partial charge in [-0.1, -0.05) is 139 Å². The molecule has 4 heterocycles. The molecule has 11 rings (SSSR count). The summed E-state index contributed by atoms with van der Waals surface area (Å²) in [5, 5.41) is 5.69. The molecule has 4 nitrogen and oxygen atoms in total. The summed E-state index contributed by atoms with van der Waals surface area (Å²) in [6.07, 6.45) is 17.8. The first-order valence-electron chi connectivity index (χ1n) is 18.9. The zero-order valence-electron chi connectivity index (χ0n) is 30.4. The molecule has 0 spiro atoms. The first kappa shape index (κ1) is 31.8. The van der Waals surface area contributed by atoms with Gasteiger partial charge in [0.2, 0.25) is 5.95 Å². The minimum Gasteiger partial charge on any atom is -0.335 e. The smallest absolute Gasteiger partial charge is 0.235 e. The highest BCUT2D eigenvalue weighted by Crippen LogP contribution is 2.45. The summed E-state index contributed by atoms with van der Waals surface area (Å²) in [6, 6.07) is 47.1. The van der Waals surface area contributed by atoms with Crippen molar-refractivity contribution in [3.8, 4) is 41.4 Å². The number of allylic oxidation sites excluding steroid dienone is 8. The normalized spacial score (nSPS) is 15.4. The molecule has 0 unspecified atom stereocenters. The standard InChI is InChI=1S/C52H32N4/c1-2-40(34-16-6-3-4-7-17-34)48-31-39(32-49-41-22-12-11-21-38(41)33-55(48)49)37-27-28-46-44(30-37)50-42-23-13-10-18-35(42)26-29-47(50)56(46)52-53-45-25-15-14-24-43(45)51(54-52)36-19-8-5-9-20-36/h1,3,5-6,8-16,18-32H,4,33H2/b48-40+. The van der Waals surface area contributed by atoms with E-state index >= 15 is 0 Å². The minimum atomic E-state index is 0.638. The second-order valence-corrected chi connectivity index (χ2v) is 14.3. The summed E-state index contributed by atoms with van der Waals surface area (Å²) >= 11 is 0. The van der Waals surface area contributed by atoms with Crippen molar-refractivity contribution in [2.45, 2.75) is 13.0 Å². The molecule has 56 heavy (non-hydrogen) atoms. The van der Waals surface area contributed by atoms with Gasteiger partial charge in [-0.15, -0.1) is 6.42 Å². The molecule has 3 aliphatic rings. The van der Waals surface area contributed by atoms with Gasteiger partial charge < -0.3 is 4.90 Å². The van der Waals surface area contributed by atoms with Crippen molar-refractivity contribution in [1.29, 1.82) is 0 Å². The Hall–Kier alpha value is -7.66. The Balaban J connectivity index is 1.18. The number of rotatable bonds is 4. The topological polar surface area (TPSA) is 34.0 Å². The lowest BCUT2D eigenvalue weighted by molar-refractivity contribution is 0.518. The van der Waals surface area contributed by atoms with Crippen LogP contribution in [0.2, 0.25) is 0 Å². The SMILES string of the molecule is C#C/C(C1=CC=CCC#C1)=C1/C=C(c2ccc3c(c2)c2c4ccccc4ccc2n3-c2nc(-c3ccccc3)c3ccccc3n2)C=C2c3ccccc3CN21. The second-order valence-electron chi connectivity index (χ2n) is 14.3. The number of hydrogen-bond donors (Lipinski definition) is 0. The number of terminal acetylenes is 1. The van der Waals surface area contributed by atoms with Gasteiger partial charge in [0, 0.05) is 51.5 Å². The molecule has 2 aliphatic heterocycles. The highest BCUT2D eigenvalue weighted by molar-refractivity contribution is 6.21. The van der Waals surface area contributed by atoms with E-state index in [-0.39, 0.29) is 0 Å². The number of hydrogen-bond acceptors (Lipinski definition) is 3.